The van der Waals surface area contributed by atoms with Gasteiger partial charge in [0.05, 0.1) is 6.26 Å². The summed E-state index contributed by atoms with van der Waals surface area (Å²) in [5.41, 5.74) is 0. The van der Waals surface area contributed by atoms with Gasteiger partial charge in [-0.15, -0.1) is 0 Å². The Kier molecular flexibility index (Phi) is 6.91. The second-order valence-corrected chi connectivity index (χ2v) is 7.54. The third-order valence-corrected chi connectivity index (χ3v) is 4.96. The van der Waals surface area contributed by atoms with Crippen molar-refractivity contribution in [1.29, 1.82) is 0 Å². The van der Waals surface area contributed by atoms with Crippen molar-refractivity contribution in [2.24, 2.45) is 5.92 Å². The van der Waals surface area contributed by atoms with E-state index in [9.17, 15) is 13.2 Å². The standard InChI is InChI=1S/C13H26N2O4S/c1-11(10-16)6-5-8-14-13(17)12-7-3-4-9-15(12)20(2,18)19/h11-12,16H,3-10H2,1-2H3,(H,14,17). The number of hydrogen-bond acceptors (Lipinski definition) is 4. The van der Waals surface area contributed by atoms with Crippen molar-refractivity contribution in [2.75, 3.05) is 26.0 Å². The molecule has 0 spiro atoms. The summed E-state index contributed by atoms with van der Waals surface area (Å²) < 4.78 is 24.7. The molecule has 1 saturated heterocycles. The van der Waals surface area contributed by atoms with Crippen LogP contribution in [0.2, 0.25) is 0 Å². The highest BCUT2D eigenvalue weighted by Crippen LogP contribution is 2.19. The summed E-state index contributed by atoms with van der Waals surface area (Å²) in [6, 6.07) is -0.561. The van der Waals surface area contributed by atoms with E-state index in [1.807, 2.05) is 6.92 Å². The molecule has 6 nitrogen and oxygen atoms in total. The van der Waals surface area contributed by atoms with Gasteiger partial charge >= 0.3 is 0 Å². The molecule has 0 aromatic heterocycles. The molecule has 7 heteroatoms. The lowest BCUT2D eigenvalue weighted by atomic mass is 10.0. The number of rotatable bonds is 7. The molecule has 0 bridgehead atoms. The zero-order chi connectivity index (χ0) is 15.2. The molecule has 1 amide bonds. The van der Waals surface area contributed by atoms with Crippen molar-refractivity contribution in [3.05, 3.63) is 0 Å². The first-order valence-corrected chi connectivity index (χ1v) is 9.06. The lowest BCUT2D eigenvalue weighted by Crippen LogP contribution is -2.51. The summed E-state index contributed by atoms with van der Waals surface area (Å²) in [5, 5.41) is 11.7. The van der Waals surface area contributed by atoms with Gasteiger partial charge in [0, 0.05) is 19.7 Å². The van der Waals surface area contributed by atoms with E-state index in [0.29, 0.717) is 19.5 Å². The van der Waals surface area contributed by atoms with Crippen LogP contribution in [0.15, 0.2) is 0 Å². The zero-order valence-corrected chi connectivity index (χ0v) is 13.2. The number of nitrogens with one attached hydrogen (secondary N) is 1. The Labute approximate surface area is 121 Å². The van der Waals surface area contributed by atoms with Crippen LogP contribution in [-0.2, 0) is 14.8 Å². The quantitative estimate of drug-likeness (QED) is 0.663. The van der Waals surface area contributed by atoms with Gasteiger partial charge in [-0.25, -0.2) is 8.42 Å². The van der Waals surface area contributed by atoms with Crippen LogP contribution in [0.25, 0.3) is 0 Å². The number of amides is 1. The molecule has 0 aromatic carbocycles. The molecule has 2 atom stereocenters. The summed E-state index contributed by atoms with van der Waals surface area (Å²) in [7, 11) is -3.33. The van der Waals surface area contributed by atoms with Crippen LogP contribution in [0, 0.1) is 5.92 Å². The van der Waals surface area contributed by atoms with Gasteiger partial charge in [-0.3, -0.25) is 4.79 Å². The van der Waals surface area contributed by atoms with Gasteiger partial charge in [-0.05, 0) is 31.6 Å². The van der Waals surface area contributed by atoms with Crippen molar-refractivity contribution >= 4 is 15.9 Å². The average molecular weight is 306 g/mol. The highest BCUT2D eigenvalue weighted by atomic mass is 32.2. The van der Waals surface area contributed by atoms with Crippen LogP contribution in [0.5, 0.6) is 0 Å². The molecule has 1 aliphatic rings. The highest BCUT2D eigenvalue weighted by Gasteiger charge is 2.34. The number of piperidine rings is 1. The Morgan fingerprint density at radius 2 is 2.15 bits per heavy atom. The van der Waals surface area contributed by atoms with Crippen LogP contribution in [0.3, 0.4) is 0 Å². The minimum atomic E-state index is -3.33. The monoisotopic (exact) mass is 306 g/mol. The molecular weight excluding hydrogens is 280 g/mol. The molecule has 1 fully saturated rings. The summed E-state index contributed by atoms with van der Waals surface area (Å²) >= 11 is 0. The van der Waals surface area contributed by atoms with E-state index in [1.165, 1.54) is 4.31 Å². The summed E-state index contributed by atoms with van der Waals surface area (Å²) in [6.07, 6.45) is 5.07. The van der Waals surface area contributed by atoms with Gasteiger partial charge in [0.2, 0.25) is 15.9 Å². The fourth-order valence-electron chi connectivity index (χ4n) is 2.44. The number of carbonyl (C=O) groups is 1. The predicted octanol–water partition coefficient (Wildman–Crippen LogP) is 0.325. The molecule has 0 radical (unpaired) electrons. The minimum Gasteiger partial charge on any atom is -0.396 e. The number of hydrogen-bond donors (Lipinski definition) is 2. The van der Waals surface area contributed by atoms with Crippen LogP contribution in [-0.4, -0.2) is 55.7 Å². The van der Waals surface area contributed by atoms with Gasteiger partial charge in [-0.2, -0.15) is 4.31 Å². The second-order valence-electron chi connectivity index (χ2n) is 5.61. The maximum Gasteiger partial charge on any atom is 0.238 e. The molecule has 2 N–H and O–H groups in total. The first kappa shape index (κ1) is 17.4. The van der Waals surface area contributed by atoms with Crippen LogP contribution in [0.4, 0.5) is 0 Å². The van der Waals surface area contributed by atoms with E-state index >= 15 is 0 Å². The number of nitrogens with zero attached hydrogens (tertiary/aromatic N) is 1. The van der Waals surface area contributed by atoms with Gasteiger partial charge in [0.15, 0.2) is 0 Å². The van der Waals surface area contributed by atoms with Gasteiger partial charge in [-0.1, -0.05) is 13.3 Å². The Bertz CT molecular complexity index is 411. The first-order valence-electron chi connectivity index (χ1n) is 7.21. The molecule has 1 rings (SSSR count). The number of carbonyl (C=O) groups excluding carboxylic acids is 1. The number of sulfonamides is 1. The van der Waals surface area contributed by atoms with Gasteiger partial charge in [0.1, 0.15) is 6.04 Å². The summed E-state index contributed by atoms with van der Waals surface area (Å²) in [6.45, 7) is 3.06. The van der Waals surface area contributed by atoms with Crippen molar-refractivity contribution in [1.82, 2.24) is 9.62 Å². The Morgan fingerprint density at radius 1 is 1.45 bits per heavy atom. The normalized spacial score (nSPS) is 22.4. The van der Waals surface area contributed by atoms with E-state index in [-0.39, 0.29) is 18.4 Å². The molecule has 0 saturated carbocycles. The van der Waals surface area contributed by atoms with Crippen LogP contribution >= 0.6 is 0 Å². The van der Waals surface area contributed by atoms with Gasteiger partial charge in [0.25, 0.3) is 0 Å². The predicted molar refractivity (Wildman–Crippen MR) is 77.7 cm³/mol. The van der Waals surface area contributed by atoms with E-state index in [0.717, 1.165) is 31.9 Å². The molecule has 0 aliphatic carbocycles. The molecule has 2 unspecified atom stereocenters. The smallest absolute Gasteiger partial charge is 0.238 e. The molecule has 1 heterocycles. The molecule has 20 heavy (non-hydrogen) atoms. The summed E-state index contributed by atoms with van der Waals surface area (Å²) in [4.78, 5) is 12.1. The number of aliphatic hydroxyl groups excluding tert-OH is 1. The van der Waals surface area contributed by atoms with Crippen LogP contribution in [0.1, 0.15) is 39.0 Å². The Morgan fingerprint density at radius 3 is 2.75 bits per heavy atom. The average Bonchev–Trinajstić information content (AvgIpc) is 2.42. The first-order chi connectivity index (χ1) is 9.36. The fraction of sp³-hybridized carbons (Fsp3) is 0.923. The lowest BCUT2D eigenvalue weighted by molar-refractivity contribution is -0.125. The SMILES string of the molecule is CC(CO)CCCNC(=O)C1CCCCN1S(C)(=O)=O. The van der Waals surface area contributed by atoms with Crippen molar-refractivity contribution in [3.63, 3.8) is 0 Å². The zero-order valence-electron chi connectivity index (χ0n) is 12.3. The van der Waals surface area contributed by atoms with E-state index in [2.05, 4.69) is 5.32 Å². The van der Waals surface area contributed by atoms with Crippen molar-refractivity contribution < 1.29 is 18.3 Å². The minimum absolute atomic E-state index is 0.151. The maximum absolute atomic E-state index is 12.1. The molecule has 118 valence electrons. The molecule has 0 aromatic rings. The third-order valence-electron chi connectivity index (χ3n) is 3.67. The third kappa shape index (κ3) is 5.38. The largest absolute Gasteiger partial charge is 0.396 e. The van der Waals surface area contributed by atoms with Crippen LogP contribution < -0.4 is 5.32 Å². The second kappa shape index (κ2) is 7.95. The van der Waals surface area contributed by atoms with E-state index in [1.54, 1.807) is 0 Å². The number of aliphatic hydroxyl groups is 1. The topological polar surface area (TPSA) is 86.7 Å². The Hall–Kier alpha value is -0.660. The highest BCUT2D eigenvalue weighted by molar-refractivity contribution is 7.88. The molecule has 1 aliphatic heterocycles. The van der Waals surface area contributed by atoms with Crippen molar-refractivity contribution in [2.45, 2.75) is 45.1 Å². The van der Waals surface area contributed by atoms with E-state index < -0.39 is 16.1 Å². The maximum atomic E-state index is 12.1. The van der Waals surface area contributed by atoms with Gasteiger partial charge < -0.3 is 10.4 Å². The summed E-state index contributed by atoms with van der Waals surface area (Å²) in [5.74, 6) is 0.0286. The van der Waals surface area contributed by atoms with E-state index in [4.69, 9.17) is 5.11 Å². The Balaban J connectivity index is 2.44. The van der Waals surface area contributed by atoms with Crippen molar-refractivity contribution in [3.8, 4) is 0 Å². The lowest BCUT2D eigenvalue weighted by Gasteiger charge is -2.32. The molecular formula is C13H26N2O4S. The fourth-order valence-corrected chi connectivity index (χ4v) is 3.56.